The lowest BCUT2D eigenvalue weighted by molar-refractivity contribution is -0.143. The van der Waals surface area contributed by atoms with Crippen LogP contribution in [-0.2, 0) is 9.59 Å². The van der Waals surface area contributed by atoms with E-state index in [1.165, 1.54) is 7.11 Å². The monoisotopic (exact) mass is 581 g/mol. The van der Waals surface area contributed by atoms with Crippen molar-refractivity contribution >= 4 is 23.6 Å². The van der Waals surface area contributed by atoms with Gasteiger partial charge < -0.3 is 34.0 Å². The Balaban J connectivity index is 1.45. The maximum absolute atomic E-state index is 13.9. The predicted molar refractivity (Wildman–Crippen MR) is 154 cm³/mol. The number of carboxylic acids is 1. The van der Waals surface area contributed by atoms with Gasteiger partial charge in [0.15, 0.2) is 11.5 Å². The number of rotatable bonds is 12. The minimum Gasteiger partial charge on any atom is -0.493 e. The van der Waals surface area contributed by atoms with Crippen LogP contribution in [-0.4, -0.2) is 109 Å². The molecule has 2 saturated heterocycles. The molecule has 1 aromatic carbocycles. The van der Waals surface area contributed by atoms with Crippen LogP contribution in [0.1, 0.15) is 37.7 Å². The zero-order valence-corrected chi connectivity index (χ0v) is 24.4. The zero-order valence-electron chi connectivity index (χ0n) is 24.4. The van der Waals surface area contributed by atoms with Gasteiger partial charge in [0, 0.05) is 57.9 Å². The molecule has 0 spiro atoms. The van der Waals surface area contributed by atoms with Crippen LogP contribution in [0.2, 0.25) is 0 Å². The number of aliphatic carboxylic acids is 1. The minimum atomic E-state index is -0.948. The summed E-state index contributed by atoms with van der Waals surface area (Å²) < 4.78 is 16.7. The van der Waals surface area contributed by atoms with Crippen molar-refractivity contribution in [1.82, 2.24) is 19.7 Å². The molecule has 3 atom stereocenters. The number of anilines is 1. The zero-order chi connectivity index (χ0) is 29.8. The van der Waals surface area contributed by atoms with Gasteiger partial charge in [0.2, 0.25) is 18.4 Å². The fourth-order valence-electron chi connectivity index (χ4n) is 6.24. The van der Waals surface area contributed by atoms with Gasteiger partial charge in [0.1, 0.15) is 0 Å². The highest BCUT2D eigenvalue weighted by molar-refractivity contribution is 5.94. The molecule has 12 heteroatoms. The number of carboxylic acid groups (broad SMARTS) is 1. The van der Waals surface area contributed by atoms with E-state index in [1.54, 1.807) is 46.3 Å². The van der Waals surface area contributed by atoms with Gasteiger partial charge in [-0.3, -0.25) is 19.5 Å². The number of carbonyl (C=O) groups excluding carboxylic acids is 2. The summed E-state index contributed by atoms with van der Waals surface area (Å²) in [4.78, 5) is 50.7. The molecule has 3 aliphatic rings. The molecule has 0 bridgehead atoms. The normalized spacial score (nSPS) is 21.7. The number of urea groups is 1. The number of amides is 3. The molecule has 3 aliphatic heterocycles. The van der Waals surface area contributed by atoms with Gasteiger partial charge >= 0.3 is 12.0 Å². The summed E-state index contributed by atoms with van der Waals surface area (Å²) >= 11 is 0. The number of carbonyl (C=O) groups is 3. The van der Waals surface area contributed by atoms with Gasteiger partial charge in [0.25, 0.3) is 0 Å². The number of hydrogen-bond acceptors (Lipinski definition) is 8. The standard InChI is InChI=1S/C30H39N5O7/c1-4-5-10-35(21-7-6-9-31-16-21)26(36)18-34-17-22(20-14-24(40-3)28-25(15-20)41-19-42-28)27(29(37)38)23(34)8-11-33-13-12-32(2)30(33)39/h6-7,9,14-16,22-23,27H,4-5,8,10-13,17-19H2,1-3H3,(H,37,38)/t22-,23+,27-/m1/s1. The van der Waals surface area contributed by atoms with Crippen molar-refractivity contribution < 1.29 is 33.7 Å². The Labute approximate surface area is 245 Å². The molecule has 4 heterocycles. The average molecular weight is 582 g/mol. The summed E-state index contributed by atoms with van der Waals surface area (Å²) in [6.07, 6.45) is 5.51. The second kappa shape index (κ2) is 12.8. The Hall–Kier alpha value is -4.06. The van der Waals surface area contributed by atoms with Crippen molar-refractivity contribution in [2.45, 2.75) is 38.1 Å². The van der Waals surface area contributed by atoms with Crippen molar-refractivity contribution in [1.29, 1.82) is 0 Å². The van der Waals surface area contributed by atoms with Crippen molar-refractivity contribution in [2.24, 2.45) is 5.92 Å². The predicted octanol–water partition coefficient (Wildman–Crippen LogP) is 2.88. The third-order valence-corrected chi connectivity index (χ3v) is 8.47. The van der Waals surface area contributed by atoms with E-state index >= 15 is 0 Å². The first kappa shape index (κ1) is 29.4. The number of hydrogen-bond donors (Lipinski definition) is 1. The molecule has 2 aromatic rings. The Kier molecular flexibility index (Phi) is 9.00. The molecule has 2 fully saturated rings. The summed E-state index contributed by atoms with van der Waals surface area (Å²) in [5, 5.41) is 10.6. The van der Waals surface area contributed by atoms with Crippen LogP contribution in [0.5, 0.6) is 17.2 Å². The largest absolute Gasteiger partial charge is 0.493 e. The number of likely N-dealkylation sites (tertiary alicyclic amines) is 1. The average Bonchev–Trinajstić information content (AvgIpc) is 3.69. The van der Waals surface area contributed by atoms with Crippen molar-refractivity contribution in [3.8, 4) is 17.2 Å². The summed E-state index contributed by atoms with van der Waals surface area (Å²) in [6, 6.07) is 6.73. The van der Waals surface area contributed by atoms with E-state index in [2.05, 4.69) is 11.9 Å². The fraction of sp³-hybridized carbons (Fsp3) is 0.533. The smallest absolute Gasteiger partial charge is 0.319 e. The highest BCUT2D eigenvalue weighted by Crippen LogP contribution is 2.47. The molecule has 42 heavy (non-hydrogen) atoms. The minimum absolute atomic E-state index is 0.0408. The Bertz CT molecular complexity index is 1290. The molecule has 0 radical (unpaired) electrons. The van der Waals surface area contributed by atoms with Crippen LogP contribution in [0.25, 0.3) is 0 Å². The fourth-order valence-corrected chi connectivity index (χ4v) is 6.24. The van der Waals surface area contributed by atoms with Gasteiger partial charge in [-0.2, -0.15) is 0 Å². The molecule has 12 nitrogen and oxygen atoms in total. The third kappa shape index (κ3) is 5.94. The highest BCUT2D eigenvalue weighted by Gasteiger charge is 2.48. The highest BCUT2D eigenvalue weighted by atomic mass is 16.7. The second-order valence-electron chi connectivity index (χ2n) is 11.0. The van der Waals surface area contributed by atoms with E-state index in [0.717, 1.165) is 18.4 Å². The van der Waals surface area contributed by atoms with Crippen LogP contribution in [0.15, 0.2) is 36.7 Å². The third-order valence-electron chi connectivity index (χ3n) is 8.47. The first-order valence-electron chi connectivity index (χ1n) is 14.5. The molecule has 226 valence electrons. The van der Waals surface area contributed by atoms with Crippen LogP contribution < -0.4 is 19.1 Å². The summed E-state index contributed by atoms with van der Waals surface area (Å²) in [5.74, 6) is -0.850. The maximum Gasteiger partial charge on any atom is 0.319 e. The van der Waals surface area contributed by atoms with Crippen molar-refractivity contribution in [2.75, 3.05) is 65.1 Å². The number of likely N-dealkylation sites (N-methyl/N-ethyl adjacent to an activating group) is 1. The number of methoxy groups -OCH3 is 1. The molecule has 0 saturated carbocycles. The lowest BCUT2D eigenvalue weighted by Crippen LogP contribution is -2.46. The molecule has 5 rings (SSSR count). The van der Waals surface area contributed by atoms with Crippen LogP contribution in [0, 0.1) is 5.92 Å². The van der Waals surface area contributed by atoms with Crippen LogP contribution in [0.4, 0.5) is 10.5 Å². The topological polar surface area (TPSA) is 125 Å². The van der Waals surface area contributed by atoms with Crippen molar-refractivity contribution in [3.05, 3.63) is 42.2 Å². The van der Waals surface area contributed by atoms with Gasteiger partial charge in [-0.1, -0.05) is 13.3 Å². The van der Waals surface area contributed by atoms with Crippen LogP contribution >= 0.6 is 0 Å². The van der Waals surface area contributed by atoms with Gasteiger partial charge in [-0.05, 0) is 42.7 Å². The van der Waals surface area contributed by atoms with E-state index in [-0.39, 0.29) is 25.3 Å². The number of aromatic nitrogens is 1. The molecule has 0 unspecified atom stereocenters. The Morgan fingerprint density at radius 3 is 2.74 bits per heavy atom. The molecular weight excluding hydrogens is 542 g/mol. The Morgan fingerprint density at radius 2 is 2.07 bits per heavy atom. The molecule has 1 N–H and O–H groups in total. The number of pyridine rings is 1. The van der Waals surface area contributed by atoms with E-state index < -0.39 is 23.8 Å². The summed E-state index contributed by atoms with van der Waals surface area (Å²) in [7, 11) is 3.29. The lowest BCUT2D eigenvalue weighted by atomic mass is 9.84. The van der Waals surface area contributed by atoms with E-state index in [4.69, 9.17) is 14.2 Å². The van der Waals surface area contributed by atoms with Gasteiger partial charge in [-0.25, -0.2) is 4.79 Å². The van der Waals surface area contributed by atoms with E-state index in [1.807, 2.05) is 17.0 Å². The molecule has 0 aliphatic carbocycles. The SMILES string of the molecule is CCCCN(C(=O)CN1C[C@H](c2cc(OC)c3c(c2)OCO3)[C@@H](C(=O)O)[C@@H]1CCN1CCN(C)C1=O)c1cccnc1. The number of nitrogens with zero attached hydrogens (tertiary/aromatic N) is 5. The number of ether oxygens (including phenoxy) is 3. The Morgan fingerprint density at radius 1 is 1.24 bits per heavy atom. The second-order valence-corrected chi connectivity index (χ2v) is 11.0. The first-order valence-corrected chi connectivity index (χ1v) is 14.5. The molecule has 1 aromatic heterocycles. The number of benzene rings is 1. The number of fused-ring (bicyclic) bond motifs is 1. The summed E-state index contributed by atoms with van der Waals surface area (Å²) in [6.45, 7) is 4.68. The van der Waals surface area contributed by atoms with Gasteiger partial charge in [0.05, 0.1) is 31.5 Å². The maximum atomic E-state index is 13.9. The molecular formula is C30H39N5O7. The van der Waals surface area contributed by atoms with E-state index in [0.29, 0.717) is 62.1 Å². The van der Waals surface area contributed by atoms with Crippen molar-refractivity contribution in [3.63, 3.8) is 0 Å². The summed E-state index contributed by atoms with van der Waals surface area (Å²) in [5.41, 5.74) is 1.46. The lowest BCUT2D eigenvalue weighted by Gasteiger charge is -2.30. The van der Waals surface area contributed by atoms with E-state index in [9.17, 15) is 19.5 Å². The first-order chi connectivity index (χ1) is 20.3. The quantitative estimate of drug-likeness (QED) is 0.403. The molecule has 3 amide bonds. The number of unbranched alkanes of at least 4 members (excludes halogenated alkanes) is 1. The van der Waals surface area contributed by atoms with Gasteiger partial charge in [-0.15, -0.1) is 0 Å². The van der Waals surface area contributed by atoms with Crippen LogP contribution in [0.3, 0.4) is 0 Å².